The van der Waals surface area contributed by atoms with Crippen molar-refractivity contribution < 1.29 is 0 Å². The summed E-state index contributed by atoms with van der Waals surface area (Å²) in [7, 11) is 1.21. The average molecular weight is 172 g/mol. The molecule has 0 fully saturated rings. The Labute approximate surface area is 73.2 Å². The Balaban J connectivity index is 2.85. The number of unbranched alkanes of at least 4 members (excludes halogenated alkanes) is 1. The lowest BCUT2D eigenvalue weighted by atomic mass is 10.2. The molecule has 0 N–H and O–H groups in total. The van der Waals surface area contributed by atoms with E-state index in [-0.39, 0.29) is 0 Å². The summed E-state index contributed by atoms with van der Waals surface area (Å²) in [6.07, 6.45) is 8.24. The molecule has 11 heavy (non-hydrogen) atoms. The second-order valence-electron chi connectivity index (χ2n) is 3.16. The standard InChI is InChI=1S/C10H21P/c1-4-8-11-9-6-5-7-10(2)3/h11H,2,4-9H2,1,3H3. The van der Waals surface area contributed by atoms with Gasteiger partial charge in [-0.25, -0.2) is 0 Å². The van der Waals surface area contributed by atoms with E-state index in [9.17, 15) is 0 Å². The van der Waals surface area contributed by atoms with Crippen LogP contribution in [0.2, 0.25) is 0 Å². The summed E-state index contributed by atoms with van der Waals surface area (Å²) >= 11 is 0. The number of rotatable bonds is 7. The van der Waals surface area contributed by atoms with Gasteiger partial charge in [-0.1, -0.05) is 18.9 Å². The Hall–Kier alpha value is 0.170. The van der Waals surface area contributed by atoms with Crippen LogP contribution >= 0.6 is 8.58 Å². The van der Waals surface area contributed by atoms with Gasteiger partial charge in [0.25, 0.3) is 0 Å². The van der Waals surface area contributed by atoms with Gasteiger partial charge in [0.05, 0.1) is 0 Å². The van der Waals surface area contributed by atoms with Crippen LogP contribution in [0.25, 0.3) is 0 Å². The van der Waals surface area contributed by atoms with Crippen molar-refractivity contribution in [1.82, 2.24) is 0 Å². The first-order valence-corrected chi connectivity index (χ1v) is 6.04. The van der Waals surface area contributed by atoms with Crippen LogP contribution in [0.1, 0.15) is 39.5 Å². The molecular formula is C10H21P. The highest BCUT2D eigenvalue weighted by Gasteiger charge is 1.89. The van der Waals surface area contributed by atoms with Crippen LogP contribution < -0.4 is 0 Å². The molecule has 0 aromatic rings. The van der Waals surface area contributed by atoms with Crippen LogP contribution in [0, 0.1) is 0 Å². The molecule has 0 aliphatic heterocycles. The zero-order chi connectivity index (χ0) is 8.53. The van der Waals surface area contributed by atoms with Crippen molar-refractivity contribution in [2.75, 3.05) is 12.3 Å². The van der Waals surface area contributed by atoms with Crippen molar-refractivity contribution in [3.8, 4) is 0 Å². The molecular weight excluding hydrogens is 151 g/mol. The SMILES string of the molecule is C=C(C)CCCCPCCC. The molecule has 0 aromatic heterocycles. The first kappa shape index (κ1) is 11.2. The van der Waals surface area contributed by atoms with E-state index in [2.05, 4.69) is 20.4 Å². The average Bonchev–Trinajstić information content (AvgIpc) is 1.96. The summed E-state index contributed by atoms with van der Waals surface area (Å²) in [6, 6.07) is 0. The normalized spacial score (nSPS) is 11.1. The van der Waals surface area contributed by atoms with Gasteiger partial charge in [-0.2, -0.15) is 0 Å². The first-order chi connectivity index (χ1) is 5.27. The summed E-state index contributed by atoms with van der Waals surface area (Å²) < 4.78 is 0. The van der Waals surface area contributed by atoms with Gasteiger partial charge in [0.2, 0.25) is 0 Å². The van der Waals surface area contributed by atoms with Gasteiger partial charge in [-0.15, -0.1) is 15.2 Å². The van der Waals surface area contributed by atoms with Crippen LogP contribution in [0.4, 0.5) is 0 Å². The summed E-state index contributed by atoms with van der Waals surface area (Å²) in [5.74, 6) is 0. The van der Waals surface area contributed by atoms with E-state index in [1.54, 1.807) is 0 Å². The molecule has 0 aliphatic carbocycles. The smallest absolute Gasteiger partial charge is 0.0326 e. The highest BCUT2D eigenvalue weighted by Crippen LogP contribution is 2.15. The summed E-state index contributed by atoms with van der Waals surface area (Å²) in [5, 5.41) is 0. The van der Waals surface area contributed by atoms with E-state index in [0.717, 1.165) is 0 Å². The summed E-state index contributed by atoms with van der Waals surface area (Å²) in [6.45, 7) is 8.28. The fourth-order valence-corrected chi connectivity index (χ4v) is 2.08. The lowest BCUT2D eigenvalue weighted by Gasteiger charge is -1.99. The lowest BCUT2D eigenvalue weighted by Crippen LogP contribution is -1.81. The van der Waals surface area contributed by atoms with Gasteiger partial charge < -0.3 is 0 Å². The molecule has 1 atom stereocenters. The minimum absolute atomic E-state index is 1.21. The van der Waals surface area contributed by atoms with Gasteiger partial charge in [0, 0.05) is 0 Å². The predicted molar refractivity (Wildman–Crippen MR) is 57.0 cm³/mol. The maximum atomic E-state index is 3.89. The Kier molecular flexibility index (Phi) is 8.40. The van der Waals surface area contributed by atoms with Gasteiger partial charge in [0.1, 0.15) is 0 Å². The Morgan fingerprint density at radius 1 is 1.27 bits per heavy atom. The maximum Gasteiger partial charge on any atom is -0.0326 e. The Morgan fingerprint density at radius 2 is 2.00 bits per heavy atom. The molecule has 0 amide bonds. The maximum absolute atomic E-state index is 3.89. The van der Waals surface area contributed by atoms with Gasteiger partial charge in [0.15, 0.2) is 0 Å². The molecule has 0 saturated carbocycles. The number of hydrogen-bond acceptors (Lipinski definition) is 0. The molecule has 0 radical (unpaired) electrons. The van der Waals surface area contributed by atoms with Gasteiger partial charge in [-0.3, -0.25) is 0 Å². The zero-order valence-electron chi connectivity index (χ0n) is 7.95. The van der Waals surface area contributed by atoms with E-state index < -0.39 is 0 Å². The quantitative estimate of drug-likeness (QED) is 0.311. The molecule has 0 aliphatic rings. The predicted octanol–water partition coefficient (Wildman–Crippen LogP) is 3.82. The van der Waals surface area contributed by atoms with Crippen molar-refractivity contribution in [3.63, 3.8) is 0 Å². The van der Waals surface area contributed by atoms with Crippen LogP contribution in [0.5, 0.6) is 0 Å². The molecule has 0 nitrogen and oxygen atoms in total. The monoisotopic (exact) mass is 172 g/mol. The molecule has 1 heteroatoms. The molecule has 1 unspecified atom stereocenters. The molecule has 0 aromatic carbocycles. The largest absolute Gasteiger partial charge is 0.122 e. The molecule has 0 rings (SSSR count). The van der Waals surface area contributed by atoms with E-state index in [1.807, 2.05) is 0 Å². The highest BCUT2D eigenvalue weighted by molar-refractivity contribution is 7.37. The van der Waals surface area contributed by atoms with E-state index in [1.165, 1.54) is 52.2 Å². The molecule has 0 spiro atoms. The number of hydrogen-bond donors (Lipinski definition) is 0. The minimum Gasteiger partial charge on any atom is -0.122 e. The van der Waals surface area contributed by atoms with Crippen molar-refractivity contribution in [2.24, 2.45) is 0 Å². The van der Waals surface area contributed by atoms with Crippen LogP contribution in [0.3, 0.4) is 0 Å². The summed E-state index contributed by atoms with van der Waals surface area (Å²) in [4.78, 5) is 0. The zero-order valence-corrected chi connectivity index (χ0v) is 8.95. The van der Waals surface area contributed by atoms with Crippen LogP contribution in [0.15, 0.2) is 12.2 Å². The van der Waals surface area contributed by atoms with E-state index in [0.29, 0.717) is 0 Å². The van der Waals surface area contributed by atoms with Crippen molar-refractivity contribution in [1.29, 1.82) is 0 Å². The third-order valence-electron chi connectivity index (χ3n) is 1.63. The first-order valence-electron chi connectivity index (χ1n) is 4.62. The fourth-order valence-electron chi connectivity index (χ4n) is 0.979. The number of allylic oxidation sites excluding steroid dienone is 1. The highest BCUT2D eigenvalue weighted by atomic mass is 31.1. The Bertz CT molecular complexity index is 97.0. The topological polar surface area (TPSA) is 0 Å². The van der Waals surface area contributed by atoms with Crippen LogP contribution in [-0.4, -0.2) is 12.3 Å². The van der Waals surface area contributed by atoms with Crippen molar-refractivity contribution >= 4 is 8.58 Å². The summed E-state index contributed by atoms with van der Waals surface area (Å²) in [5.41, 5.74) is 1.34. The second-order valence-corrected chi connectivity index (χ2v) is 4.66. The van der Waals surface area contributed by atoms with Crippen LogP contribution in [-0.2, 0) is 0 Å². The van der Waals surface area contributed by atoms with E-state index >= 15 is 0 Å². The van der Waals surface area contributed by atoms with Crippen molar-refractivity contribution in [3.05, 3.63) is 12.2 Å². The lowest BCUT2D eigenvalue weighted by molar-refractivity contribution is 0.794. The third-order valence-corrected chi connectivity index (χ3v) is 3.19. The fraction of sp³-hybridized carbons (Fsp3) is 0.800. The van der Waals surface area contributed by atoms with E-state index in [4.69, 9.17) is 0 Å². The molecule has 0 bridgehead atoms. The van der Waals surface area contributed by atoms with Gasteiger partial charge >= 0.3 is 0 Å². The minimum atomic E-state index is 1.21. The second kappa shape index (κ2) is 8.27. The molecule has 66 valence electrons. The molecule has 0 heterocycles. The third kappa shape index (κ3) is 10.2. The van der Waals surface area contributed by atoms with Gasteiger partial charge in [-0.05, 0) is 38.5 Å². The van der Waals surface area contributed by atoms with Crippen molar-refractivity contribution in [2.45, 2.75) is 39.5 Å². The Morgan fingerprint density at radius 3 is 2.55 bits per heavy atom. The molecule has 0 saturated heterocycles.